The number of aryl methyl sites for hydroxylation is 1. The molecule has 0 spiro atoms. The van der Waals surface area contributed by atoms with Gasteiger partial charge in [-0.05, 0) is 57.8 Å². The Morgan fingerprint density at radius 2 is 2.17 bits per heavy atom. The first kappa shape index (κ1) is 17.5. The molecule has 1 aliphatic rings. The third-order valence-corrected chi connectivity index (χ3v) is 6.14. The van der Waals surface area contributed by atoms with Crippen molar-refractivity contribution >= 4 is 22.7 Å². The second-order valence-electron chi connectivity index (χ2n) is 7.21. The summed E-state index contributed by atoms with van der Waals surface area (Å²) < 4.78 is 0. The maximum atomic E-state index is 12.3. The van der Waals surface area contributed by atoms with E-state index in [1.165, 1.54) is 32.2 Å². The molecule has 0 bridgehead atoms. The molecule has 1 heterocycles. The highest BCUT2D eigenvalue weighted by Gasteiger charge is 2.23. The summed E-state index contributed by atoms with van der Waals surface area (Å²) in [4.78, 5) is 22.2. The Hall–Kier alpha value is -1.33. The lowest BCUT2D eigenvalue weighted by atomic mass is 9.88. The van der Waals surface area contributed by atoms with Gasteiger partial charge in [0.25, 0.3) is 5.56 Å². The molecule has 1 fully saturated rings. The van der Waals surface area contributed by atoms with E-state index in [4.69, 9.17) is 4.98 Å². The van der Waals surface area contributed by atoms with E-state index in [1.807, 2.05) is 36.9 Å². The summed E-state index contributed by atoms with van der Waals surface area (Å²) in [7, 11) is 4.31. The second kappa shape index (κ2) is 7.70. The normalized spacial score (nSPS) is 21.5. The third-order valence-electron chi connectivity index (χ3n) is 4.80. The highest BCUT2D eigenvalue weighted by Crippen LogP contribution is 2.33. The summed E-state index contributed by atoms with van der Waals surface area (Å²) in [6.45, 7) is 3.19. The molecule has 1 aliphatic carbocycles. The number of hydrogen-bond donors (Lipinski definition) is 1. The Morgan fingerprint density at radius 3 is 2.96 bits per heavy atom. The fraction of sp³-hybridized carbons (Fsp3) is 0.579. The van der Waals surface area contributed by atoms with Gasteiger partial charge < -0.3 is 9.88 Å². The topological polar surface area (TPSA) is 49.0 Å². The van der Waals surface area contributed by atoms with Gasteiger partial charge in [-0.2, -0.15) is 11.8 Å². The van der Waals surface area contributed by atoms with Crippen molar-refractivity contribution in [2.24, 2.45) is 5.92 Å². The van der Waals surface area contributed by atoms with E-state index in [-0.39, 0.29) is 5.56 Å². The standard InChI is InChI=1S/C19H27N3OS/c1-13-6-4-9-16-18(13)20-17(21-19(16)23)12-24-15-8-5-7-14(10-15)11-22(2)3/h4,6,9,14-15H,5,7-8,10-12H2,1-3H3,(H,20,21,23)/t14-,15?/m0/s1. The molecular formula is C19H27N3OS. The molecule has 1 aromatic carbocycles. The van der Waals surface area contributed by atoms with E-state index in [2.05, 4.69) is 24.0 Å². The Labute approximate surface area is 148 Å². The average molecular weight is 346 g/mol. The number of hydrogen-bond acceptors (Lipinski definition) is 4. The van der Waals surface area contributed by atoms with Crippen LogP contribution >= 0.6 is 11.8 Å². The van der Waals surface area contributed by atoms with Crippen LogP contribution < -0.4 is 5.56 Å². The van der Waals surface area contributed by atoms with E-state index in [9.17, 15) is 4.79 Å². The van der Waals surface area contributed by atoms with Crippen molar-refractivity contribution in [2.45, 2.75) is 43.6 Å². The van der Waals surface area contributed by atoms with Gasteiger partial charge in [0.15, 0.2) is 0 Å². The molecule has 0 amide bonds. The van der Waals surface area contributed by atoms with Crippen LogP contribution in [0.5, 0.6) is 0 Å². The molecule has 24 heavy (non-hydrogen) atoms. The summed E-state index contributed by atoms with van der Waals surface area (Å²) in [6, 6.07) is 5.77. The molecule has 130 valence electrons. The van der Waals surface area contributed by atoms with Gasteiger partial charge in [0.2, 0.25) is 0 Å². The zero-order valence-corrected chi connectivity index (χ0v) is 15.7. The number of para-hydroxylation sites is 1. The first-order chi connectivity index (χ1) is 11.5. The molecule has 5 heteroatoms. The Bertz CT molecular complexity index is 756. The number of aromatic nitrogens is 2. The fourth-order valence-corrected chi connectivity index (χ4v) is 4.96. The highest BCUT2D eigenvalue weighted by atomic mass is 32.2. The monoisotopic (exact) mass is 345 g/mol. The molecule has 0 radical (unpaired) electrons. The van der Waals surface area contributed by atoms with Crippen molar-refractivity contribution in [1.82, 2.24) is 14.9 Å². The first-order valence-corrected chi connectivity index (χ1v) is 9.82. The van der Waals surface area contributed by atoms with Gasteiger partial charge in [0.1, 0.15) is 5.82 Å². The number of nitrogens with zero attached hydrogens (tertiary/aromatic N) is 2. The number of H-pyrrole nitrogens is 1. The van der Waals surface area contributed by atoms with E-state index >= 15 is 0 Å². The van der Waals surface area contributed by atoms with Gasteiger partial charge in [-0.25, -0.2) is 4.98 Å². The van der Waals surface area contributed by atoms with E-state index < -0.39 is 0 Å². The quantitative estimate of drug-likeness (QED) is 0.900. The van der Waals surface area contributed by atoms with Crippen molar-refractivity contribution in [3.05, 3.63) is 39.9 Å². The van der Waals surface area contributed by atoms with Gasteiger partial charge >= 0.3 is 0 Å². The summed E-state index contributed by atoms with van der Waals surface area (Å²) in [5.41, 5.74) is 1.88. The molecule has 2 atom stereocenters. The van der Waals surface area contributed by atoms with E-state index in [1.54, 1.807) is 0 Å². The number of aromatic amines is 1. The van der Waals surface area contributed by atoms with Crippen LogP contribution in [0.2, 0.25) is 0 Å². The van der Waals surface area contributed by atoms with Crippen LogP contribution in [0.3, 0.4) is 0 Å². The average Bonchev–Trinajstić information content (AvgIpc) is 2.54. The summed E-state index contributed by atoms with van der Waals surface area (Å²) in [5, 5.41) is 1.37. The van der Waals surface area contributed by atoms with Crippen LogP contribution in [0.15, 0.2) is 23.0 Å². The minimum Gasteiger partial charge on any atom is -0.309 e. The van der Waals surface area contributed by atoms with Gasteiger partial charge in [-0.1, -0.05) is 18.6 Å². The van der Waals surface area contributed by atoms with Crippen molar-refractivity contribution in [2.75, 3.05) is 20.6 Å². The molecule has 1 N–H and O–H groups in total. The lowest BCUT2D eigenvalue weighted by Gasteiger charge is -2.30. The highest BCUT2D eigenvalue weighted by molar-refractivity contribution is 7.99. The molecule has 2 aromatic rings. The largest absolute Gasteiger partial charge is 0.309 e. The van der Waals surface area contributed by atoms with Crippen LogP contribution in [0.1, 0.15) is 37.1 Å². The summed E-state index contributed by atoms with van der Waals surface area (Å²) in [6.07, 6.45) is 5.22. The van der Waals surface area contributed by atoms with E-state index in [0.29, 0.717) is 10.6 Å². The fourth-order valence-electron chi connectivity index (χ4n) is 3.69. The first-order valence-electron chi connectivity index (χ1n) is 8.78. The Kier molecular flexibility index (Phi) is 5.61. The lowest BCUT2D eigenvalue weighted by molar-refractivity contribution is 0.268. The summed E-state index contributed by atoms with van der Waals surface area (Å²) in [5.74, 6) is 2.40. The van der Waals surface area contributed by atoms with Crippen molar-refractivity contribution < 1.29 is 0 Å². The molecule has 1 unspecified atom stereocenters. The maximum Gasteiger partial charge on any atom is 0.258 e. The number of benzene rings is 1. The van der Waals surface area contributed by atoms with Crippen molar-refractivity contribution in [3.63, 3.8) is 0 Å². The number of fused-ring (bicyclic) bond motifs is 1. The van der Waals surface area contributed by atoms with Crippen LogP contribution in [-0.4, -0.2) is 40.8 Å². The summed E-state index contributed by atoms with van der Waals surface area (Å²) >= 11 is 1.95. The van der Waals surface area contributed by atoms with Gasteiger partial charge in [-0.15, -0.1) is 0 Å². The van der Waals surface area contributed by atoms with Crippen LogP contribution in [0.4, 0.5) is 0 Å². The minimum absolute atomic E-state index is 0.0200. The Balaban J connectivity index is 1.67. The van der Waals surface area contributed by atoms with Crippen LogP contribution in [-0.2, 0) is 5.75 Å². The number of thioether (sulfide) groups is 1. The molecule has 0 aliphatic heterocycles. The second-order valence-corrected chi connectivity index (χ2v) is 8.50. The van der Waals surface area contributed by atoms with Gasteiger partial charge in [0, 0.05) is 11.8 Å². The van der Waals surface area contributed by atoms with Gasteiger partial charge in [0.05, 0.1) is 16.7 Å². The predicted octanol–water partition coefficient (Wildman–Crippen LogP) is 3.59. The maximum absolute atomic E-state index is 12.3. The third kappa shape index (κ3) is 4.19. The molecule has 4 nitrogen and oxygen atoms in total. The smallest absolute Gasteiger partial charge is 0.258 e. The van der Waals surface area contributed by atoms with Crippen LogP contribution in [0, 0.1) is 12.8 Å². The zero-order valence-electron chi connectivity index (χ0n) is 14.8. The van der Waals surface area contributed by atoms with Crippen LogP contribution in [0.25, 0.3) is 10.9 Å². The van der Waals surface area contributed by atoms with Crippen molar-refractivity contribution in [3.8, 4) is 0 Å². The molecular weight excluding hydrogens is 318 g/mol. The van der Waals surface area contributed by atoms with Crippen molar-refractivity contribution in [1.29, 1.82) is 0 Å². The minimum atomic E-state index is -0.0200. The van der Waals surface area contributed by atoms with Gasteiger partial charge in [-0.3, -0.25) is 4.79 Å². The molecule has 3 rings (SSSR count). The SMILES string of the molecule is Cc1cccc2c(=O)[nH]c(CSC3CCC[C@H](CN(C)C)C3)nc12. The number of rotatable bonds is 5. The molecule has 1 saturated carbocycles. The number of nitrogens with one attached hydrogen (secondary N) is 1. The lowest BCUT2D eigenvalue weighted by Crippen LogP contribution is -2.27. The predicted molar refractivity (Wildman–Crippen MR) is 103 cm³/mol. The Morgan fingerprint density at radius 1 is 1.33 bits per heavy atom. The van der Waals surface area contributed by atoms with E-state index in [0.717, 1.165) is 28.6 Å². The molecule has 0 saturated heterocycles. The molecule has 1 aromatic heterocycles. The zero-order chi connectivity index (χ0) is 17.1.